The Morgan fingerprint density at radius 2 is 1.30 bits per heavy atom. The van der Waals surface area contributed by atoms with E-state index >= 15 is 0 Å². The van der Waals surface area contributed by atoms with Gasteiger partial charge in [0.05, 0.1) is 11.9 Å². The van der Waals surface area contributed by atoms with Crippen LogP contribution in [0.1, 0.15) is 13.8 Å². The summed E-state index contributed by atoms with van der Waals surface area (Å²) in [5, 5.41) is 14.1. The van der Waals surface area contributed by atoms with Gasteiger partial charge in [-0.2, -0.15) is 0 Å². The highest BCUT2D eigenvalue weighted by Gasteiger charge is 1.81. The Bertz CT molecular complexity index is 231. The van der Waals surface area contributed by atoms with Gasteiger partial charge in [0.1, 0.15) is 0 Å². The van der Waals surface area contributed by atoms with Crippen LogP contribution in [0, 0.1) is 0 Å². The number of carbonyl (C=O) groups is 2. The van der Waals surface area contributed by atoms with Crippen LogP contribution in [0.4, 0.5) is 0 Å². The van der Waals surface area contributed by atoms with E-state index in [9.17, 15) is 4.79 Å². The van der Waals surface area contributed by atoms with Gasteiger partial charge in [0.25, 0.3) is 6.47 Å². The number of carbonyl (C=O) groups excluding carboxylic acids is 1. The fourth-order valence-electron chi connectivity index (χ4n) is 0.588. The summed E-state index contributed by atoms with van der Waals surface area (Å²) in [5.74, 6) is -0.211. The lowest BCUT2D eigenvalue weighted by Crippen LogP contribution is -1.95. The Morgan fingerprint density at radius 3 is 1.35 bits per heavy atom. The Hall–Kier alpha value is -1.30. The van der Waals surface area contributed by atoms with Gasteiger partial charge >= 0.3 is 5.97 Å². The molecule has 1 rings (SSSR count). The summed E-state index contributed by atoms with van der Waals surface area (Å²) in [6.07, 6.45) is 0. The number of ether oxygens (including phenoxy) is 1. The fraction of sp³-hybridized carbons (Fsp3) is 0.385. The first kappa shape index (κ1) is 27.1. The van der Waals surface area contributed by atoms with Crippen molar-refractivity contribution in [2.75, 3.05) is 19.1 Å². The first-order chi connectivity index (χ1) is 9.60. The summed E-state index contributed by atoms with van der Waals surface area (Å²) in [7, 11) is 1.00. The number of hydrogen-bond donors (Lipinski definition) is 2. The summed E-state index contributed by atoms with van der Waals surface area (Å²) >= 11 is 9.53. The standard InChI is InChI=1S/C6H6.C4H8O2.CH2Cl2.CH2O2.CH4O/c1-2-4-6-5-3-1;1-3-6-4(2)5;2*2-1-3;1-2/h1-6H;3H2,1-2H3;1H2;1H,(H,2,3);2H,1H3. The van der Waals surface area contributed by atoms with Gasteiger partial charge in [-0.25, -0.2) is 0 Å². The molecule has 0 amide bonds. The molecule has 0 bridgehead atoms. The normalized spacial score (nSPS) is 6.50. The van der Waals surface area contributed by atoms with E-state index in [-0.39, 0.29) is 17.8 Å². The molecule has 0 aromatic heterocycles. The van der Waals surface area contributed by atoms with E-state index in [1.165, 1.54) is 6.92 Å². The molecular formula is C13H22Cl2O5. The van der Waals surface area contributed by atoms with Crippen LogP contribution in [0.2, 0.25) is 0 Å². The predicted octanol–water partition coefficient (Wildman–Crippen LogP) is 2.99. The highest BCUT2D eigenvalue weighted by Crippen LogP contribution is 1.79. The van der Waals surface area contributed by atoms with Crippen LogP contribution >= 0.6 is 23.2 Å². The van der Waals surface area contributed by atoms with Gasteiger partial charge < -0.3 is 14.9 Å². The van der Waals surface area contributed by atoms with Gasteiger partial charge in [0, 0.05) is 14.0 Å². The molecule has 118 valence electrons. The van der Waals surface area contributed by atoms with E-state index in [1.807, 2.05) is 36.4 Å². The lowest BCUT2D eigenvalue weighted by atomic mass is 10.4. The molecule has 1 aromatic carbocycles. The SMILES string of the molecule is CCOC(C)=O.CO.ClCCl.O=CO.c1ccccc1. The predicted molar refractivity (Wildman–Crippen MR) is 82.2 cm³/mol. The zero-order valence-corrected chi connectivity index (χ0v) is 13.3. The molecule has 20 heavy (non-hydrogen) atoms. The zero-order chi connectivity index (χ0) is 16.6. The Labute approximate surface area is 130 Å². The molecule has 7 heteroatoms. The number of aliphatic hydroxyl groups is 1. The molecule has 0 saturated heterocycles. The molecule has 5 nitrogen and oxygen atoms in total. The van der Waals surface area contributed by atoms with E-state index in [0.717, 1.165) is 7.11 Å². The maximum atomic E-state index is 9.82. The second-order valence-electron chi connectivity index (χ2n) is 2.29. The van der Waals surface area contributed by atoms with E-state index in [2.05, 4.69) is 4.74 Å². The molecule has 0 aliphatic heterocycles. The van der Waals surface area contributed by atoms with Gasteiger partial charge in [-0.05, 0) is 6.92 Å². The van der Waals surface area contributed by atoms with Crippen molar-refractivity contribution in [2.24, 2.45) is 0 Å². The van der Waals surface area contributed by atoms with Gasteiger partial charge in [0.15, 0.2) is 0 Å². The Balaban J connectivity index is -0.0000000861. The molecule has 1 aromatic rings. The molecule has 0 aliphatic carbocycles. The third kappa shape index (κ3) is 69.4. The minimum Gasteiger partial charge on any atom is -0.483 e. The number of esters is 1. The Kier molecular flexibility index (Phi) is 48.9. The monoisotopic (exact) mass is 328 g/mol. The summed E-state index contributed by atoms with van der Waals surface area (Å²) in [5.41, 5.74) is 0. The van der Waals surface area contributed by atoms with Crippen molar-refractivity contribution in [1.82, 2.24) is 0 Å². The van der Waals surface area contributed by atoms with E-state index in [1.54, 1.807) is 6.92 Å². The Morgan fingerprint density at radius 1 is 1.10 bits per heavy atom. The van der Waals surface area contributed by atoms with Gasteiger partial charge in [0.2, 0.25) is 0 Å². The van der Waals surface area contributed by atoms with Crippen LogP contribution < -0.4 is 0 Å². The number of carboxylic acid groups (broad SMARTS) is 1. The lowest BCUT2D eigenvalue weighted by molar-refractivity contribution is -0.140. The van der Waals surface area contributed by atoms with Crippen molar-refractivity contribution in [1.29, 1.82) is 0 Å². The van der Waals surface area contributed by atoms with Crippen LogP contribution in [-0.4, -0.2) is 41.7 Å². The van der Waals surface area contributed by atoms with Crippen LogP contribution in [0.3, 0.4) is 0 Å². The largest absolute Gasteiger partial charge is 0.483 e. The van der Waals surface area contributed by atoms with Gasteiger partial charge in [-0.3, -0.25) is 9.59 Å². The molecule has 0 atom stereocenters. The summed E-state index contributed by atoms with van der Waals surface area (Å²) in [6.45, 7) is 3.40. The second-order valence-corrected chi connectivity index (χ2v) is 3.09. The van der Waals surface area contributed by atoms with Crippen LogP contribution in [0.25, 0.3) is 0 Å². The highest BCUT2D eigenvalue weighted by molar-refractivity contribution is 6.40. The van der Waals surface area contributed by atoms with E-state index in [4.69, 9.17) is 38.2 Å². The molecule has 0 fully saturated rings. The maximum absolute atomic E-state index is 9.82. The molecule has 0 radical (unpaired) electrons. The summed E-state index contributed by atoms with van der Waals surface area (Å²) in [6, 6.07) is 12.0. The number of hydrogen-bond acceptors (Lipinski definition) is 4. The fourth-order valence-corrected chi connectivity index (χ4v) is 0.588. The molecule has 0 unspecified atom stereocenters. The molecule has 0 heterocycles. The van der Waals surface area contributed by atoms with Gasteiger partial charge in [-0.1, -0.05) is 36.4 Å². The van der Waals surface area contributed by atoms with Crippen molar-refractivity contribution < 1.29 is 24.5 Å². The number of halogens is 2. The quantitative estimate of drug-likeness (QED) is 0.470. The summed E-state index contributed by atoms with van der Waals surface area (Å²) in [4.78, 5) is 18.2. The third-order valence-corrected chi connectivity index (χ3v) is 1.01. The molecular weight excluding hydrogens is 307 g/mol. The van der Waals surface area contributed by atoms with Crippen molar-refractivity contribution in [3.05, 3.63) is 36.4 Å². The van der Waals surface area contributed by atoms with E-state index < -0.39 is 0 Å². The number of aliphatic hydroxyl groups excluding tert-OH is 1. The van der Waals surface area contributed by atoms with Crippen molar-refractivity contribution in [2.45, 2.75) is 13.8 Å². The third-order valence-electron chi connectivity index (χ3n) is 1.01. The molecule has 0 aliphatic rings. The minimum atomic E-state index is -0.250. The molecule has 0 spiro atoms. The smallest absolute Gasteiger partial charge is 0.302 e. The number of rotatable bonds is 1. The van der Waals surface area contributed by atoms with Crippen molar-refractivity contribution in [3.63, 3.8) is 0 Å². The lowest BCUT2D eigenvalue weighted by Gasteiger charge is -1.89. The van der Waals surface area contributed by atoms with Crippen molar-refractivity contribution >= 4 is 35.6 Å². The average Bonchev–Trinajstić information content (AvgIpc) is 2.45. The van der Waals surface area contributed by atoms with Crippen molar-refractivity contribution in [3.8, 4) is 0 Å². The number of alkyl halides is 2. The topological polar surface area (TPSA) is 83.8 Å². The van der Waals surface area contributed by atoms with Crippen LogP contribution in [-0.2, 0) is 14.3 Å². The van der Waals surface area contributed by atoms with Crippen LogP contribution in [0.5, 0.6) is 0 Å². The number of benzene rings is 1. The first-order valence-corrected chi connectivity index (χ1v) is 6.45. The van der Waals surface area contributed by atoms with Crippen LogP contribution in [0.15, 0.2) is 36.4 Å². The minimum absolute atomic E-state index is 0.194. The van der Waals surface area contributed by atoms with Gasteiger partial charge in [-0.15, -0.1) is 23.2 Å². The van der Waals surface area contributed by atoms with E-state index in [0.29, 0.717) is 6.61 Å². The first-order valence-electron chi connectivity index (χ1n) is 5.38. The molecule has 0 saturated carbocycles. The second kappa shape index (κ2) is 36.1. The maximum Gasteiger partial charge on any atom is 0.302 e. The zero-order valence-electron chi connectivity index (χ0n) is 11.8. The summed E-state index contributed by atoms with van der Waals surface area (Å²) < 4.78 is 4.40. The average molecular weight is 329 g/mol. The molecule has 2 N–H and O–H groups in total. The highest BCUT2D eigenvalue weighted by atomic mass is 35.5.